The summed E-state index contributed by atoms with van der Waals surface area (Å²) in [6.07, 6.45) is 0.479. The fourth-order valence-corrected chi connectivity index (χ4v) is 2.36. The molecule has 0 saturated heterocycles. The third kappa shape index (κ3) is 3.55. The van der Waals surface area contributed by atoms with Gasteiger partial charge in [0.25, 0.3) is 0 Å². The Hall–Kier alpha value is -2.71. The van der Waals surface area contributed by atoms with Gasteiger partial charge in [0.15, 0.2) is 6.04 Å². The van der Waals surface area contributed by atoms with Gasteiger partial charge in [-0.3, -0.25) is 9.48 Å². The second-order valence-corrected chi connectivity index (χ2v) is 5.39. The Morgan fingerprint density at radius 3 is 2.52 bits per heavy atom. The molecule has 0 aromatic carbocycles. The molecule has 2 rings (SSSR count). The molecule has 2 aromatic rings. The van der Waals surface area contributed by atoms with E-state index in [2.05, 4.69) is 15.5 Å². The number of nitrogens with one attached hydrogen (secondary N) is 1. The van der Waals surface area contributed by atoms with Crippen molar-refractivity contribution in [1.29, 1.82) is 0 Å². The van der Waals surface area contributed by atoms with Crippen molar-refractivity contribution < 1.29 is 9.72 Å². The third-order valence-corrected chi connectivity index (χ3v) is 3.69. The van der Waals surface area contributed by atoms with Crippen molar-refractivity contribution in [2.45, 2.75) is 39.8 Å². The summed E-state index contributed by atoms with van der Waals surface area (Å²) in [5.41, 5.74) is 2.34. The largest absolute Gasteiger partial charge is 0.390 e. The van der Waals surface area contributed by atoms with Crippen LogP contribution in [-0.4, -0.2) is 30.4 Å². The number of nitrogens with zero attached hydrogens (tertiary/aromatic N) is 5. The number of aromatic nitrogens is 4. The molecule has 1 N–H and O–H groups in total. The second kappa shape index (κ2) is 6.59. The predicted octanol–water partition coefficient (Wildman–Crippen LogP) is 1.41. The summed E-state index contributed by atoms with van der Waals surface area (Å²) < 4.78 is 3.14. The first kappa shape index (κ1) is 16.7. The molecule has 1 unspecified atom stereocenters. The molecule has 1 amide bonds. The number of hydrogen-bond acceptors (Lipinski definition) is 5. The van der Waals surface area contributed by atoms with Crippen molar-refractivity contribution >= 4 is 11.7 Å². The lowest BCUT2D eigenvalue weighted by Crippen LogP contribution is -2.33. The molecule has 0 spiro atoms. The van der Waals surface area contributed by atoms with Crippen molar-refractivity contribution in [3.05, 3.63) is 39.3 Å². The monoisotopic (exact) mass is 320 g/mol. The van der Waals surface area contributed by atoms with Gasteiger partial charge in [0.1, 0.15) is 0 Å². The van der Waals surface area contributed by atoms with Crippen LogP contribution in [0.3, 0.4) is 0 Å². The predicted molar refractivity (Wildman–Crippen MR) is 82.7 cm³/mol. The molecule has 23 heavy (non-hydrogen) atoms. The zero-order chi connectivity index (χ0) is 17.1. The van der Waals surface area contributed by atoms with Gasteiger partial charge in [0.05, 0.1) is 29.1 Å². The van der Waals surface area contributed by atoms with Gasteiger partial charge in [-0.05, 0) is 31.3 Å². The van der Waals surface area contributed by atoms with Crippen LogP contribution in [0, 0.1) is 24.0 Å². The topological polar surface area (TPSA) is 108 Å². The lowest BCUT2D eigenvalue weighted by atomic mass is 10.2. The van der Waals surface area contributed by atoms with Crippen molar-refractivity contribution in [2.75, 3.05) is 0 Å². The highest BCUT2D eigenvalue weighted by molar-refractivity contribution is 5.80. The summed E-state index contributed by atoms with van der Waals surface area (Å²) in [7, 11) is 1.84. The van der Waals surface area contributed by atoms with Crippen molar-refractivity contribution in [1.82, 2.24) is 24.9 Å². The van der Waals surface area contributed by atoms with E-state index in [0.717, 1.165) is 11.4 Å². The van der Waals surface area contributed by atoms with Crippen LogP contribution in [0.5, 0.6) is 0 Å². The first-order valence-electron chi connectivity index (χ1n) is 7.31. The fourth-order valence-electron chi connectivity index (χ4n) is 2.36. The quantitative estimate of drug-likeness (QED) is 0.639. The third-order valence-electron chi connectivity index (χ3n) is 3.69. The van der Waals surface area contributed by atoms with Gasteiger partial charge >= 0.3 is 5.82 Å². The zero-order valence-electron chi connectivity index (χ0n) is 13.6. The van der Waals surface area contributed by atoms with Crippen LogP contribution in [0.1, 0.15) is 36.5 Å². The minimum Gasteiger partial charge on any atom is -0.358 e. The molecule has 124 valence electrons. The van der Waals surface area contributed by atoms with Crippen LogP contribution in [-0.2, 0) is 18.4 Å². The summed E-state index contributed by atoms with van der Waals surface area (Å²) in [6, 6.07) is 2.66. The molecule has 2 aromatic heterocycles. The molecular weight excluding hydrogens is 300 g/mol. The Kier molecular flexibility index (Phi) is 4.77. The van der Waals surface area contributed by atoms with Crippen LogP contribution < -0.4 is 5.32 Å². The molecule has 1 atom stereocenters. The van der Waals surface area contributed by atoms with E-state index in [-0.39, 0.29) is 11.7 Å². The Labute approximate surface area is 133 Å². The van der Waals surface area contributed by atoms with Gasteiger partial charge in [-0.25, -0.2) is 0 Å². The van der Waals surface area contributed by atoms with E-state index in [1.165, 1.54) is 10.7 Å². The van der Waals surface area contributed by atoms with Crippen LogP contribution in [0.2, 0.25) is 0 Å². The van der Waals surface area contributed by atoms with E-state index in [4.69, 9.17) is 0 Å². The zero-order valence-corrected chi connectivity index (χ0v) is 13.6. The second-order valence-electron chi connectivity index (χ2n) is 5.39. The first-order chi connectivity index (χ1) is 10.8. The van der Waals surface area contributed by atoms with Crippen LogP contribution in [0.15, 0.2) is 12.1 Å². The van der Waals surface area contributed by atoms with E-state index < -0.39 is 11.0 Å². The highest BCUT2D eigenvalue weighted by atomic mass is 16.6. The number of carbonyl (C=O) groups excluding carboxylic acids is 1. The molecule has 2 heterocycles. The first-order valence-corrected chi connectivity index (χ1v) is 7.31. The minimum absolute atomic E-state index is 0.239. The molecule has 0 bridgehead atoms. The molecule has 0 aliphatic carbocycles. The lowest BCUT2D eigenvalue weighted by Gasteiger charge is -2.13. The number of aryl methyl sites for hydroxylation is 3. The van der Waals surface area contributed by atoms with Gasteiger partial charge in [-0.2, -0.15) is 9.78 Å². The summed E-state index contributed by atoms with van der Waals surface area (Å²) in [4.78, 5) is 22.6. The minimum atomic E-state index is -0.589. The normalized spacial score (nSPS) is 12.2. The SMILES string of the molecule is CCC(C(=O)NCc1cc(C)n(C)n1)n1nc([N+](=O)[O-])cc1C. The number of rotatable bonds is 6. The van der Waals surface area contributed by atoms with Crippen LogP contribution in [0.4, 0.5) is 5.82 Å². The van der Waals surface area contributed by atoms with Gasteiger partial charge in [-0.15, -0.1) is 0 Å². The molecule has 9 heteroatoms. The number of hydrogen-bond donors (Lipinski definition) is 1. The van der Waals surface area contributed by atoms with Gasteiger partial charge in [-0.1, -0.05) is 6.92 Å². The van der Waals surface area contributed by atoms with Crippen LogP contribution >= 0.6 is 0 Å². The molecular formula is C14H20N6O3. The Morgan fingerprint density at radius 2 is 2.04 bits per heavy atom. The number of amides is 1. The van der Waals surface area contributed by atoms with E-state index in [0.29, 0.717) is 18.7 Å². The van der Waals surface area contributed by atoms with E-state index in [1.54, 1.807) is 11.6 Å². The average molecular weight is 320 g/mol. The van der Waals surface area contributed by atoms with Crippen molar-refractivity contribution in [2.24, 2.45) is 7.05 Å². The van der Waals surface area contributed by atoms with E-state index in [9.17, 15) is 14.9 Å². The molecule has 0 radical (unpaired) electrons. The number of carbonyl (C=O) groups is 1. The molecule has 0 fully saturated rings. The smallest absolute Gasteiger partial charge is 0.358 e. The average Bonchev–Trinajstić information content (AvgIpc) is 3.02. The lowest BCUT2D eigenvalue weighted by molar-refractivity contribution is -0.389. The highest BCUT2D eigenvalue weighted by Crippen LogP contribution is 2.19. The summed E-state index contributed by atoms with van der Waals surface area (Å²) in [5.74, 6) is -0.494. The van der Waals surface area contributed by atoms with Crippen molar-refractivity contribution in [3.8, 4) is 0 Å². The molecule has 0 aliphatic rings. The Bertz CT molecular complexity index is 713. The summed E-state index contributed by atoms with van der Waals surface area (Å²) >= 11 is 0. The maximum Gasteiger partial charge on any atom is 0.390 e. The molecule has 0 saturated carbocycles. The van der Waals surface area contributed by atoms with E-state index >= 15 is 0 Å². The highest BCUT2D eigenvalue weighted by Gasteiger charge is 2.26. The maximum absolute atomic E-state index is 12.4. The van der Waals surface area contributed by atoms with Gasteiger partial charge in [0.2, 0.25) is 5.91 Å². The maximum atomic E-state index is 12.4. The Morgan fingerprint density at radius 1 is 1.35 bits per heavy atom. The van der Waals surface area contributed by atoms with Crippen molar-refractivity contribution in [3.63, 3.8) is 0 Å². The molecule has 0 aliphatic heterocycles. The fraction of sp³-hybridized carbons (Fsp3) is 0.500. The van der Waals surface area contributed by atoms with Crippen LogP contribution in [0.25, 0.3) is 0 Å². The summed E-state index contributed by atoms with van der Waals surface area (Å²) in [5, 5.41) is 21.8. The Balaban J connectivity index is 2.10. The van der Waals surface area contributed by atoms with E-state index in [1.807, 2.05) is 27.0 Å². The van der Waals surface area contributed by atoms with Gasteiger partial charge < -0.3 is 15.4 Å². The number of nitro groups is 1. The molecule has 9 nitrogen and oxygen atoms in total. The standard InChI is InChI=1S/C14H20N6O3/c1-5-12(19-10(3)7-13(17-19)20(22)23)14(21)15-8-11-6-9(2)18(4)16-11/h6-7,12H,5,8H2,1-4H3,(H,15,21). The van der Waals surface area contributed by atoms with Gasteiger partial charge in [0, 0.05) is 12.7 Å². The summed E-state index contributed by atoms with van der Waals surface area (Å²) in [6.45, 7) is 5.76.